The first-order chi connectivity index (χ1) is 14.3. The van der Waals surface area contributed by atoms with Crippen LogP contribution in [0, 0.1) is 0 Å². The van der Waals surface area contributed by atoms with Gasteiger partial charge in [0.05, 0.1) is 24.8 Å². The molecule has 0 bridgehead atoms. The smallest absolute Gasteiger partial charge is 0.119 e. The topological polar surface area (TPSA) is 54.7 Å². The number of allylic oxidation sites excluding steroid dienone is 1. The van der Waals surface area contributed by atoms with Crippen molar-refractivity contribution < 1.29 is 4.74 Å². The Labute approximate surface area is 169 Å². The number of fused-ring (bicyclic) bond motifs is 1. The highest BCUT2D eigenvalue weighted by atomic mass is 16.5. The zero-order valence-electron chi connectivity index (χ0n) is 16.2. The van der Waals surface area contributed by atoms with Gasteiger partial charge in [-0.05, 0) is 35.9 Å². The number of ether oxygens (including phenoxy) is 1. The van der Waals surface area contributed by atoms with Gasteiger partial charge < -0.3 is 15.0 Å². The van der Waals surface area contributed by atoms with Crippen molar-refractivity contribution in [3.63, 3.8) is 0 Å². The molecule has 29 heavy (non-hydrogen) atoms. The van der Waals surface area contributed by atoms with E-state index >= 15 is 0 Å². The minimum absolute atomic E-state index is 0.586. The van der Waals surface area contributed by atoms with Crippen LogP contribution in [0.1, 0.15) is 5.56 Å². The lowest BCUT2D eigenvalue weighted by Gasteiger charge is -2.23. The molecule has 1 aromatic heterocycles. The summed E-state index contributed by atoms with van der Waals surface area (Å²) in [5, 5.41) is 8.97. The van der Waals surface area contributed by atoms with E-state index in [1.54, 1.807) is 0 Å². The largest absolute Gasteiger partial charge is 0.489 e. The van der Waals surface area contributed by atoms with E-state index < -0.39 is 0 Å². The average Bonchev–Trinajstić information content (AvgIpc) is 3.44. The van der Waals surface area contributed by atoms with Gasteiger partial charge in [-0.2, -0.15) is 5.10 Å². The molecule has 2 aromatic carbocycles. The average molecular weight is 385 g/mol. The third-order valence-electron chi connectivity index (χ3n) is 5.16. The quantitative estimate of drug-likeness (QED) is 0.706. The van der Waals surface area contributed by atoms with E-state index in [-0.39, 0.29) is 0 Å². The summed E-state index contributed by atoms with van der Waals surface area (Å²) in [6.07, 6.45) is 8.12. The van der Waals surface area contributed by atoms with Gasteiger partial charge in [-0.3, -0.25) is 9.67 Å². The van der Waals surface area contributed by atoms with Gasteiger partial charge in [0.15, 0.2) is 0 Å². The minimum atomic E-state index is 0.586. The van der Waals surface area contributed by atoms with Gasteiger partial charge in [0, 0.05) is 30.4 Å². The highest BCUT2D eigenvalue weighted by Gasteiger charge is 2.12. The molecular formula is C23H23N5O. The van der Waals surface area contributed by atoms with E-state index in [1.807, 2.05) is 35.2 Å². The highest BCUT2D eigenvalue weighted by Crippen LogP contribution is 2.24. The van der Waals surface area contributed by atoms with Crippen LogP contribution in [0.25, 0.3) is 10.9 Å². The molecule has 0 radical (unpaired) electrons. The molecule has 0 saturated carbocycles. The molecule has 6 heteroatoms. The van der Waals surface area contributed by atoms with Gasteiger partial charge in [0.2, 0.25) is 0 Å². The molecule has 5 rings (SSSR count). The molecule has 3 aromatic rings. The fraction of sp³-hybridized carbons (Fsp3) is 0.217. The molecule has 3 heterocycles. The van der Waals surface area contributed by atoms with Crippen molar-refractivity contribution in [2.75, 3.05) is 24.5 Å². The predicted octanol–water partition coefficient (Wildman–Crippen LogP) is 3.47. The maximum atomic E-state index is 5.91. The van der Waals surface area contributed by atoms with Gasteiger partial charge >= 0.3 is 0 Å². The van der Waals surface area contributed by atoms with Crippen molar-refractivity contribution >= 4 is 22.4 Å². The summed E-state index contributed by atoms with van der Waals surface area (Å²) in [5.41, 5.74) is 3.43. The van der Waals surface area contributed by atoms with Crippen molar-refractivity contribution in [3.05, 3.63) is 84.4 Å². The van der Waals surface area contributed by atoms with E-state index in [9.17, 15) is 0 Å². The number of hydrogen-bond donors (Lipinski definition) is 1. The molecule has 0 saturated heterocycles. The molecule has 1 N–H and O–H groups in total. The Bertz CT molecular complexity index is 1100. The van der Waals surface area contributed by atoms with E-state index in [1.165, 1.54) is 5.56 Å². The van der Waals surface area contributed by atoms with Crippen molar-refractivity contribution in [3.8, 4) is 0 Å². The van der Waals surface area contributed by atoms with Crippen molar-refractivity contribution in [2.45, 2.75) is 13.2 Å². The lowest BCUT2D eigenvalue weighted by atomic mass is 10.2. The molecule has 0 fully saturated rings. The monoisotopic (exact) mass is 385 g/mol. The summed E-state index contributed by atoms with van der Waals surface area (Å²) in [5.74, 6) is 1.91. The van der Waals surface area contributed by atoms with E-state index in [4.69, 9.17) is 4.74 Å². The zero-order chi connectivity index (χ0) is 19.5. The SMILES string of the molecule is C1=CN(c2ccc3c(cnn3CC3=NCCN3)c2)CC=C1OCc1ccccc1. The number of hydrogen-bond acceptors (Lipinski definition) is 5. The molecule has 2 aliphatic heterocycles. The van der Waals surface area contributed by atoms with Crippen LogP contribution in [0.5, 0.6) is 0 Å². The van der Waals surface area contributed by atoms with Crippen LogP contribution in [0.2, 0.25) is 0 Å². The summed E-state index contributed by atoms with van der Waals surface area (Å²) in [4.78, 5) is 6.66. The van der Waals surface area contributed by atoms with Crippen LogP contribution < -0.4 is 10.2 Å². The predicted molar refractivity (Wildman–Crippen MR) is 116 cm³/mol. The maximum absolute atomic E-state index is 5.91. The Morgan fingerprint density at radius 3 is 2.83 bits per heavy atom. The van der Waals surface area contributed by atoms with Crippen LogP contribution in [0.4, 0.5) is 5.69 Å². The summed E-state index contributed by atoms with van der Waals surface area (Å²) < 4.78 is 7.90. The second-order valence-electron chi connectivity index (χ2n) is 7.15. The summed E-state index contributed by atoms with van der Waals surface area (Å²) >= 11 is 0. The number of amidine groups is 1. The normalized spacial score (nSPS) is 15.9. The molecular weight excluding hydrogens is 362 g/mol. The third kappa shape index (κ3) is 3.87. The molecule has 146 valence electrons. The molecule has 0 spiro atoms. The summed E-state index contributed by atoms with van der Waals surface area (Å²) in [6, 6.07) is 16.7. The van der Waals surface area contributed by atoms with Gasteiger partial charge in [-0.15, -0.1) is 0 Å². The lowest BCUT2D eigenvalue weighted by molar-refractivity contribution is 0.209. The second-order valence-corrected chi connectivity index (χ2v) is 7.15. The number of aliphatic imine (C=N–C) groups is 1. The Morgan fingerprint density at radius 2 is 2.03 bits per heavy atom. The van der Waals surface area contributed by atoms with Gasteiger partial charge in [-0.1, -0.05) is 30.3 Å². The Morgan fingerprint density at radius 1 is 1.10 bits per heavy atom. The lowest BCUT2D eigenvalue weighted by Crippen LogP contribution is -2.24. The highest BCUT2D eigenvalue weighted by molar-refractivity contribution is 5.87. The third-order valence-corrected chi connectivity index (χ3v) is 5.16. The fourth-order valence-electron chi connectivity index (χ4n) is 3.59. The minimum Gasteiger partial charge on any atom is -0.489 e. The van der Waals surface area contributed by atoms with Crippen molar-refractivity contribution in [1.82, 2.24) is 15.1 Å². The van der Waals surface area contributed by atoms with Gasteiger partial charge in [0.25, 0.3) is 0 Å². The van der Waals surface area contributed by atoms with Crippen LogP contribution in [0.15, 0.2) is 83.8 Å². The molecule has 2 aliphatic rings. The Hall–Kier alpha value is -3.54. The van der Waals surface area contributed by atoms with Crippen LogP contribution >= 0.6 is 0 Å². The number of anilines is 1. The summed E-state index contributed by atoms with van der Waals surface area (Å²) in [6.45, 7) is 3.83. The summed E-state index contributed by atoms with van der Waals surface area (Å²) in [7, 11) is 0. The number of nitrogens with zero attached hydrogens (tertiary/aromatic N) is 4. The first-order valence-corrected chi connectivity index (χ1v) is 9.90. The van der Waals surface area contributed by atoms with Crippen molar-refractivity contribution in [1.29, 1.82) is 0 Å². The molecule has 0 aliphatic carbocycles. The van der Waals surface area contributed by atoms with Crippen LogP contribution in [-0.4, -0.2) is 35.3 Å². The Kier molecular flexibility index (Phi) is 4.74. The van der Waals surface area contributed by atoms with Crippen LogP contribution in [-0.2, 0) is 17.9 Å². The number of benzene rings is 2. The molecule has 0 unspecified atom stereocenters. The number of rotatable bonds is 6. The Balaban J connectivity index is 1.24. The fourth-order valence-corrected chi connectivity index (χ4v) is 3.59. The second kappa shape index (κ2) is 7.83. The standard InChI is InChI=1S/C23H23N5O/c1-2-4-18(5-3-1)17-29-21-8-12-27(13-9-21)20-6-7-22-19(14-20)15-26-28(22)16-23-24-10-11-25-23/h1-9,12,14-15H,10-11,13,16-17H2,(H,24,25). The first kappa shape index (κ1) is 17.6. The number of aromatic nitrogens is 2. The molecule has 0 atom stereocenters. The van der Waals surface area contributed by atoms with E-state index in [2.05, 4.69) is 62.9 Å². The maximum Gasteiger partial charge on any atom is 0.119 e. The molecule has 0 amide bonds. The van der Waals surface area contributed by atoms with Gasteiger partial charge in [0.1, 0.15) is 18.2 Å². The number of nitrogens with one attached hydrogen (secondary N) is 1. The molecule has 6 nitrogen and oxygen atoms in total. The van der Waals surface area contributed by atoms with Crippen LogP contribution in [0.3, 0.4) is 0 Å². The first-order valence-electron chi connectivity index (χ1n) is 9.90. The van der Waals surface area contributed by atoms with Gasteiger partial charge in [-0.25, -0.2) is 0 Å². The van der Waals surface area contributed by atoms with E-state index in [0.717, 1.165) is 47.8 Å². The van der Waals surface area contributed by atoms with Crippen molar-refractivity contribution in [2.24, 2.45) is 4.99 Å². The zero-order valence-corrected chi connectivity index (χ0v) is 16.2. The van der Waals surface area contributed by atoms with E-state index in [0.29, 0.717) is 13.2 Å².